The Labute approximate surface area is 84.1 Å². The maximum Gasteiger partial charge on any atom is 0.149 e. The van der Waals surface area contributed by atoms with E-state index in [0.717, 1.165) is 0 Å². The molecule has 2 rings (SSSR count). The third-order valence-electron chi connectivity index (χ3n) is 1.74. The Morgan fingerprint density at radius 1 is 1.23 bits per heavy atom. The molecule has 0 aliphatic carbocycles. The van der Waals surface area contributed by atoms with Crippen LogP contribution in [0.4, 0.5) is 4.39 Å². The summed E-state index contributed by atoms with van der Waals surface area (Å²) in [4.78, 5) is 3.85. The van der Waals surface area contributed by atoms with Crippen molar-refractivity contribution in [3.05, 3.63) is 40.3 Å². The number of benzene rings is 1. The Kier molecular flexibility index (Phi) is 2.10. The Bertz CT molecular complexity index is 470. The molecule has 1 nitrogen and oxygen atoms in total. The number of hydrogen-bond acceptors (Lipinski definition) is 1. The SMILES string of the molecule is Fc1cccc2c(Cl)c(Cl)cnc12. The number of nitrogens with zero attached hydrogens (tertiary/aromatic N) is 1. The second kappa shape index (κ2) is 3.13. The van der Waals surface area contributed by atoms with Gasteiger partial charge in [-0.05, 0) is 6.07 Å². The molecule has 0 amide bonds. The van der Waals surface area contributed by atoms with Gasteiger partial charge in [0.2, 0.25) is 0 Å². The first-order valence-corrected chi connectivity index (χ1v) is 4.34. The van der Waals surface area contributed by atoms with Crippen LogP contribution in [-0.4, -0.2) is 4.98 Å². The molecule has 13 heavy (non-hydrogen) atoms. The van der Waals surface area contributed by atoms with Crippen molar-refractivity contribution in [3.8, 4) is 0 Å². The lowest BCUT2D eigenvalue weighted by Crippen LogP contribution is -1.84. The van der Waals surface area contributed by atoms with Crippen LogP contribution >= 0.6 is 23.2 Å². The molecule has 0 unspecified atom stereocenters. The van der Waals surface area contributed by atoms with Gasteiger partial charge in [0.25, 0.3) is 0 Å². The summed E-state index contributed by atoms with van der Waals surface area (Å²) >= 11 is 11.6. The lowest BCUT2D eigenvalue weighted by molar-refractivity contribution is 0.637. The molecule has 1 aromatic carbocycles. The van der Waals surface area contributed by atoms with Gasteiger partial charge in [0.05, 0.1) is 10.0 Å². The predicted octanol–water partition coefficient (Wildman–Crippen LogP) is 3.68. The minimum atomic E-state index is -0.393. The van der Waals surface area contributed by atoms with E-state index >= 15 is 0 Å². The van der Waals surface area contributed by atoms with Crippen molar-refractivity contribution in [3.63, 3.8) is 0 Å². The van der Waals surface area contributed by atoms with Gasteiger partial charge in [0, 0.05) is 11.6 Å². The number of halogens is 3. The molecule has 1 aromatic heterocycles. The molecule has 0 aliphatic rings. The second-order valence-electron chi connectivity index (χ2n) is 2.56. The Morgan fingerprint density at radius 2 is 2.00 bits per heavy atom. The average molecular weight is 216 g/mol. The maximum atomic E-state index is 13.1. The quantitative estimate of drug-likeness (QED) is 0.654. The van der Waals surface area contributed by atoms with Crippen molar-refractivity contribution in [1.29, 1.82) is 0 Å². The van der Waals surface area contributed by atoms with E-state index < -0.39 is 5.82 Å². The highest BCUT2D eigenvalue weighted by Gasteiger charge is 2.07. The van der Waals surface area contributed by atoms with Crippen LogP contribution in [0, 0.1) is 5.82 Å². The predicted molar refractivity (Wildman–Crippen MR) is 51.7 cm³/mol. The fourth-order valence-electron chi connectivity index (χ4n) is 1.13. The van der Waals surface area contributed by atoms with Crippen molar-refractivity contribution >= 4 is 34.1 Å². The Hall–Kier alpha value is -0.860. The lowest BCUT2D eigenvalue weighted by Gasteiger charge is -2.01. The first kappa shape index (κ1) is 8.73. The smallest absolute Gasteiger partial charge is 0.149 e. The van der Waals surface area contributed by atoms with Crippen LogP contribution in [0.25, 0.3) is 10.9 Å². The molecule has 0 atom stereocenters. The molecule has 0 aliphatic heterocycles. The number of rotatable bonds is 0. The molecule has 0 saturated carbocycles. The molecule has 2 aromatic rings. The van der Waals surface area contributed by atoms with Gasteiger partial charge in [-0.25, -0.2) is 4.39 Å². The van der Waals surface area contributed by atoms with Gasteiger partial charge >= 0.3 is 0 Å². The van der Waals surface area contributed by atoms with E-state index in [-0.39, 0.29) is 5.52 Å². The molecule has 66 valence electrons. The van der Waals surface area contributed by atoms with Crippen molar-refractivity contribution in [1.82, 2.24) is 4.98 Å². The van der Waals surface area contributed by atoms with Crippen molar-refractivity contribution in [2.45, 2.75) is 0 Å². The molecule has 0 radical (unpaired) electrons. The highest BCUT2D eigenvalue weighted by atomic mass is 35.5. The van der Waals surface area contributed by atoms with Gasteiger partial charge in [-0.1, -0.05) is 35.3 Å². The molecular weight excluding hydrogens is 212 g/mol. The van der Waals surface area contributed by atoms with Gasteiger partial charge in [0.15, 0.2) is 0 Å². The third-order valence-corrected chi connectivity index (χ3v) is 2.53. The summed E-state index contributed by atoms with van der Waals surface area (Å²) in [6, 6.07) is 4.58. The molecular formula is C9H4Cl2FN. The van der Waals surface area contributed by atoms with E-state index in [9.17, 15) is 4.39 Å². The summed E-state index contributed by atoms with van der Waals surface area (Å²) < 4.78 is 13.1. The van der Waals surface area contributed by atoms with E-state index in [1.807, 2.05) is 0 Å². The highest BCUT2D eigenvalue weighted by Crippen LogP contribution is 2.29. The number of hydrogen-bond donors (Lipinski definition) is 0. The molecule has 4 heteroatoms. The van der Waals surface area contributed by atoms with Crippen LogP contribution in [0.3, 0.4) is 0 Å². The number of para-hydroxylation sites is 1. The molecule has 0 bridgehead atoms. The monoisotopic (exact) mass is 215 g/mol. The molecule has 0 N–H and O–H groups in total. The van der Waals surface area contributed by atoms with E-state index in [1.54, 1.807) is 12.1 Å². The summed E-state index contributed by atoms with van der Waals surface area (Å²) in [6.45, 7) is 0. The summed E-state index contributed by atoms with van der Waals surface area (Å²) in [5, 5.41) is 1.21. The number of fused-ring (bicyclic) bond motifs is 1. The normalized spacial score (nSPS) is 10.7. The lowest BCUT2D eigenvalue weighted by atomic mass is 10.2. The van der Waals surface area contributed by atoms with Crippen molar-refractivity contribution < 1.29 is 4.39 Å². The van der Waals surface area contributed by atoms with Crippen LogP contribution in [0.1, 0.15) is 0 Å². The van der Waals surface area contributed by atoms with Crippen LogP contribution in [0.5, 0.6) is 0 Å². The summed E-state index contributed by atoms with van der Waals surface area (Å²) in [5.41, 5.74) is 0.247. The fraction of sp³-hybridized carbons (Fsp3) is 0. The zero-order valence-corrected chi connectivity index (χ0v) is 7.90. The zero-order chi connectivity index (χ0) is 9.42. The fourth-order valence-corrected chi connectivity index (χ4v) is 1.48. The topological polar surface area (TPSA) is 12.9 Å². The summed E-state index contributed by atoms with van der Waals surface area (Å²) in [6.07, 6.45) is 1.34. The van der Waals surface area contributed by atoms with Crippen LogP contribution in [0.15, 0.2) is 24.4 Å². The van der Waals surface area contributed by atoms with Crippen LogP contribution in [-0.2, 0) is 0 Å². The average Bonchev–Trinajstić information content (AvgIpc) is 2.12. The first-order valence-electron chi connectivity index (χ1n) is 3.58. The third kappa shape index (κ3) is 1.36. The van der Waals surface area contributed by atoms with Crippen molar-refractivity contribution in [2.75, 3.05) is 0 Å². The van der Waals surface area contributed by atoms with E-state index in [4.69, 9.17) is 23.2 Å². The summed E-state index contributed by atoms with van der Waals surface area (Å²) in [7, 11) is 0. The molecule has 0 spiro atoms. The zero-order valence-electron chi connectivity index (χ0n) is 6.39. The van der Waals surface area contributed by atoms with Crippen LogP contribution in [0.2, 0.25) is 10.0 Å². The molecule has 0 saturated heterocycles. The largest absolute Gasteiger partial charge is 0.252 e. The first-order chi connectivity index (χ1) is 6.20. The summed E-state index contributed by atoms with van der Waals surface area (Å²) in [5.74, 6) is -0.393. The number of pyridine rings is 1. The maximum absolute atomic E-state index is 13.1. The minimum absolute atomic E-state index is 0.247. The van der Waals surface area contributed by atoms with Crippen molar-refractivity contribution in [2.24, 2.45) is 0 Å². The van der Waals surface area contributed by atoms with Gasteiger partial charge in [-0.3, -0.25) is 4.98 Å². The Morgan fingerprint density at radius 3 is 2.77 bits per heavy atom. The Balaban J connectivity index is 2.94. The van der Waals surface area contributed by atoms with E-state index in [0.29, 0.717) is 15.4 Å². The molecule has 0 fully saturated rings. The van der Waals surface area contributed by atoms with Gasteiger partial charge in [0.1, 0.15) is 11.3 Å². The van der Waals surface area contributed by atoms with E-state index in [1.165, 1.54) is 12.3 Å². The standard InChI is InChI=1S/C9H4Cl2FN/c10-6-4-13-9-5(8(6)11)2-1-3-7(9)12/h1-4H. The number of aromatic nitrogens is 1. The van der Waals surface area contributed by atoms with Gasteiger partial charge < -0.3 is 0 Å². The van der Waals surface area contributed by atoms with Gasteiger partial charge in [-0.15, -0.1) is 0 Å². The highest BCUT2D eigenvalue weighted by molar-refractivity contribution is 6.45. The van der Waals surface area contributed by atoms with Gasteiger partial charge in [-0.2, -0.15) is 0 Å². The van der Waals surface area contributed by atoms with Crippen LogP contribution < -0.4 is 0 Å². The second-order valence-corrected chi connectivity index (χ2v) is 3.34. The molecule has 1 heterocycles. The minimum Gasteiger partial charge on any atom is -0.252 e. The van der Waals surface area contributed by atoms with E-state index in [2.05, 4.69) is 4.98 Å².